The second-order valence-electron chi connectivity index (χ2n) is 3.91. The molecule has 18 heavy (non-hydrogen) atoms. The number of benzene rings is 1. The summed E-state index contributed by atoms with van der Waals surface area (Å²) in [6, 6.07) is 6.99. The molecule has 1 unspecified atom stereocenters. The van der Waals surface area contributed by atoms with Gasteiger partial charge in [0, 0.05) is 6.07 Å². The maximum absolute atomic E-state index is 11.9. The lowest BCUT2D eigenvalue weighted by atomic mass is 10.1. The summed E-state index contributed by atoms with van der Waals surface area (Å²) in [6.45, 7) is 1.77. The summed E-state index contributed by atoms with van der Waals surface area (Å²) in [5.74, 6) is -0.166. The highest BCUT2D eigenvalue weighted by Gasteiger charge is 2.16. The molecular weight excluding hydrogens is 234 g/mol. The van der Waals surface area contributed by atoms with Crippen LogP contribution in [0.5, 0.6) is 11.5 Å². The van der Waals surface area contributed by atoms with E-state index in [1.165, 1.54) is 18.4 Å². The van der Waals surface area contributed by atoms with Gasteiger partial charge in [-0.25, -0.2) is 0 Å². The molecule has 0 fully saturated rings. The zero-order valence-electron chi connectivity index (χ0n) is 9.75. The van der Waals surface area contributed by atoms with Gasteiger partial charge in [-0.1, -0.05) is 0 Å². The number of carbonyl (C=O) groups excluding carboxylic acids is 1. The lowest BCUT2D eigenvalue weighted by molar-refractivity contribution is 0.0932. The molecule has 0 saturated carbocycles. The molecule has 2 aromatic rings. The Morgan fingerprint density at radius 1 is 1.33 bits per heavy atom. The van der Waals surface area contributed by atoms with Crippen molar-refractivity contribution < 1.29 is 19.4 Å². The molecule has 1 aromatic carbocycles. The fraction of sp³-hybridized carbons (Fsp3) is 0.154. The highest BCUT2D eigenvalue weighted by Crippen LogP contribution is 2.23. The zero-order chi connectivity index (χ0) is 13.1. The van der Waals surface area contributed by atoms with Crippen molar-refractivity contribution in [3.05, 3.63) is 47.9 Å². The SMILES string of the molecule is CC(NC(=O)c1ccc(O)cc1O)c1ccco1. The van der Waals surface area contributed by atoms with Crippen molar-refractivity contribution in [2.24, 2.45) is 0 Å². The molecule has 0 aliphatic rings. The molecule has 1 heterocycles. The number of hydrogen-bond donors (Lipinski definition) is 3. The highest BCUT2D eigenvalue weighted by atomic mass is 16.3. The second kappa shape index (κ2) is 4.83. The Morgan fingerprint density at radius 3 is 2.72 bits per heavy atom. The second-order valence-corrected chi connectivity index (χ2v) is 3.91. The van der Waals surface area contributed by atoms with Crippen LogP contribution in [0.4, 0.5) is 0 Å². The molecule has 0 radical (unpaired) electrons. The van der Waals surface area contributed by atoms with Gasteiger partial charge in [0.25, 0.3) is 5.91 Å². The highest BCUT2D eigenvalue weighted by molar-refractivity contribution is 5.97. The number of aromatic hydroxyl groups is 2. The predicted molar refractivity (Wildman–Crippen MR) is 64.4 cm³/mol. The molecule has 3 N–H and O–H groups in total. The first kappa shape index (κ1) is 12.0. The molecule has 0 spiro atoms. The normalized spacial score (nSPS) is 12.1. The third-order valence-electron chi connectivity index (χ3n) is 2.54. The van der Waals surface area contributed by atoms with Gasteiger partial charge in [0.1, 0.15) is 17.3 Å². The minimum absolute atomic E-state index is 0.0943. The molecule has 94 valence electrons. The first-order valence-electron chi connectivity index (χ1n) is 5.44. The lowest BCUT2D eigenvalue weighted by Crippen LogP contribution is -2.26. The van der Waals surface area contributed by atoms with Crippen LogP contribution in [0.15, 0.2) is 41.0 Å². The number of phenolic OH excluding ortho intramolecular Hbond substituents is 2. The summed E-state index contributed by atoms with van der Waals surface area (Å²) in [5.41, 5.74) is 0.103. The van der Waals surface area contributed by atoms with E-state index in [1.807, 2.05) is 0 Å². The maximum Gasteiger partial charge on any atom is 0.255 e. The van der Waals surface area contributed by atoms with Crippen molar-refractivity contribution in [1.82, 2.24) is 5.32 Å². The van der Waals surface area contributed by atoms with E-state index in [2.05, 4.69) is 5.32 Å². The van der Waals surface area contributed by atoms with Crippen molar-refractivity contribution in [2.45, 2.75) is 13.0 Å². The van der Waals surface area contributed by atoms with Crippen LogP contribution in [-0.2, 0) is 0 Å². The smallest absolute Gasteiger partial charge is 0.255 e. The van der Waals surface area contributed by atoms with Crippen LogP contribution in [0.25, 0.3) is 0 Å². The third-order valence-corrected chi connectivity index (χ3v) is 2.54. The van der Waals surface area contributed by atoms with Gasteiger partial charge in [-0.2, -0.15) is 0 Å². The molecule has 5 heteroatoms. The number of nitrogens with one attached hydrogen (secondary N) is 1. The molecule has 1 aromatic heterocycles. The lowest BCUT2D eigenvalue weighted by Gasteiger charge is -2.12. The van der Waals surface area contributed by atoms with Crippen molar-refractivity contribution in [2.75, 3.05) is 0 Å². The topological polar surface area (TPSA) is 82.7 Å². The summed E-state index contributed by atoms with van der Waals surface area (Å²) >= 11 is 0. The van der Waals surface area contributed by atoms with Crippen LogP contribution in [-0.4, -0.2) is 16.1 Å². The van der Waals surface area contributed by atoms with Gasteiger partial charge in [0.15, 0.2) is 0 Å². The van der Waals surface area contributed by atoms with Gasteiger partial charge in [-0.05, 0) is 31.2 Å². The molecular formula is C13H13NO4. The van der Waals surface area contributed by atoms with E-state index in [4.69, 9.17) is 9.52 Å². The van der Waals surface area contributed by atoms with E-state index in [0.29, 0.717) is 5.76 Å². The van der Waals surface area contributed by atoms with Gasteiger partial charge in [-0.15, -0.1) is 0 Å². The van der Waals surface area contributed by atoms with Gasteiger partial charge in [0.2, 0.25) is 0 Å². The first-order chi connectivity index (χ1) is 8.58. The molecule has 1 atom stereocenters. The van der Waals surface area contributed by atoms with E-state index >= 15 is 0 Å². The summed E-state index contributed by atoms with van der Waals surface area (Å²) < 4.78 is 5.16. The van der Waals surface area contributed by atoms with Crippen LogP contribution in [0.2, 0.25) is 0 Å². The fourth-order valence-electron chi connectivity index (χ4n) is 1.60. The van der Waals surface area contributed by atoms with Crippen LogP contribution in [0.3, 0.4) is 0 Å². The monoisotopic (exact) mass is 247 g/mol. The summed E-state index contributed by atoms with van der Waals surface area (Å²) in [6.07, 6.45) is 1.52. The summed E-state index contributed by atoms with van der Waals surface area (Å²) in [5, 5.41) is 21.4. The minimum Gasteiger partial charge on any atom is -0.508 e. The number of phenols is 2. The zero-order valence-corrected chi connectivity index (χ0v) is 9.75. The fourth-order valence-corrected chi connectivity index (χ4v) is 1.60. The van der Waals surface area contributed by atoms with E-state index < -0.39 is 5.91 Å². The van der Waals surface area contributed by atoms with Crippen molar-refractivity contribution in [3.8, 4) is 11.5 Å². The number of hydrogen-bond acceptors (Lipinski definition) is 4. The van der Waals surface area contributed by atoms with Crippen LogP contribution >= 0.6 is 0 Å². The van der Waals surface area contributed by atoms with E-state index in [9.17, 15) is 9.90 Å². The summed E-state index contributed by atoms with van der Waals surface area (Å²) in [4.78, 5) is 11.9. The van der Waals surface area contributed by atoms with E-state index in [1.54, 1.807) is 19.1 Å². The third kappa shape index (κ3) is 2.45. The number of furan rings is 1. The Morgan fingerprint density at radius 2 is 2.11 bits per heavy atom. The Balaban J connectivity index is 2.12. The van der Waals surface area contributed by atoms with Crippen molar-refractivity contribution in [1.29, 1.82) is 0 Å². The van der Waals surface area contributed by atoms with Crippen molar-refractivity contribution in [3.63, 3.8) is 0 Å². The largest absolute Gasteiger partial charge is 0.508 e. The average molecular weight is 247 g/mol. The first-order valence-corrected chi connectivity index (χ1v) is 5.44. The Hall–Kier alpha value is -2.43. The van der Waals surface area contributed by atoms with Gasteiger partial charge in [0.05, 0.1) is 17.9 Å². The number of rotatable bonds is 3. The quantitative estimate of drug-likeness (QED) is 0.776. The molecule has 5 nitrogen and oxygen atoms in total. The van der Waals surface area contributed by atoms with Crippen LogP contribution in [0, 0.1) is 0 Å². The Bertz CT molecular complexity index is 548. The van der Waals surface area contributed by atoms with Gasteiger partial charge < -0.3 is 19.9 Å². The van der Waals surface area contributed by atoms with Crippen molar-refractivity contribution >= 4 is 5.91 Å². The maximum atomic E-state index is 11.9. The number of carbonyl (C=O) groups is 1. The predicted octanol–water partition coefficient (Wildman–Crippen LogP) is 2.18. The van der Waals surface area contributed by atoms with E-state index in [0.717, 1.165) is 6.07 Å². The Kier molecular flexibility index (Phi) is 3.23. The average Bonchev–Trinajstić information content (AvgIpc) is 2.81. The molecule has 0 bridgehead atoms. The molecule has 0 aliphatic carbocycles. The minimum atomic E-state index is -0.434. The van der Waals surface area contributed by atoms with E-state index in [-0.39, 0.29) is 23.1 Å². The molecule has 0 saturated heterocycles. The number of amides is 1. The molecule has 0 aliphatic heterocycles. The van der Waals surface area contributed by atoms with Crippen LogP contribution in [0.1, 0.15) is 29.1 Å². The molecule has 1 amide bonds. The molecule has 2 rings (SSSR count). The summed E-state index contributed by atoms with van der Waals surface area (Å²) in [7, 11) is 0. The van der Waals surface area contributed by atoms with Gasteiger partial charge in [-0.3, -0.25) is 4.79 Å². The van der Waals surface area contributed by atoms with Gasteiger partial charge >= 0.3 is 0 Å². The standard InChI is InChI=1S/C13H13NO4/c1-8(12-3-2-6-18-12)14-13(17)10-5-4-9(15)7-11(10)16/h2-8,15-16H,1H3,(H,14,17). The van der Waals surface area contributed by atoms with Crippen LogP contribution < -0.4 is 5.32 Å². The Labute approximate surface area is 104 Å².